The molecule has 0 saturated carbocycles. The van der Waals surface area contributed by atoms with Crippen molar-refractivity contribution in [1.29, 1.82) is 0 Å². The van der Waals surface area contributed by atoms with E-state index in [1.807, 2.05) is 0 Å². The van der Waals surface area contributed by atoms with Crippen molar-refractivity contribution in [2.24, 2.45) is 0 Å². The van der Waals surface area contributed by atoms with Crippen LogP contribution in [-0.4, -0.2) is 26.0 Å². The minimum absolute atomic E-state index is 0.0798. The molecule has 1 amide bonds. The van der Waals surface area contributed by atoms with Gasteiger partial charge in [-0.2, -0.15) is 4.98 Å². The van der Waals surface area contributed by atoms with Crippen molar-refractivity contribution in [1.82, 2.24) is 15.2 Å². The maximum atomic E-state index is 11.7. The Morgan fingerprint density at radius 2 is 2.21 bits per heavy atom. The lowest BCUT2D eigenvalue weighted by molar-refractivity contribution is -0.385. The molecule has 0 radical (unpaired) electrons. The zero-order valence-electron chi connectivity index (χ0n) is 10.1. The molecule has 0 fully saturated rings. The van der Waals surface area contributed by atoms with Crippen LogP contribution in [0.4, 0.5) is 11.6 Å². The van der Waals surface area contributed by atoms with Crippen LogP contribution < -0.4 is 5.32 Å². The first-order valence-corrected chi connectivity index (χ1v) is 5.47. The molecular weight excluding hydrogens is 250 g/mol. The lowest BCUT2D eigenvalue weighted by atomic mass is 10.1. The van der Waals surface area contributed by atoms with Gasteiger partial charge >= 0.3 is 0 Å². The molecule has 0 aliphatic carbocycles. The van der Waals surface area contributed by atoms with E-state index in [1.54, 1.807) is 25.1 Å². The van der Waals surface area contributed by atoms with Gasteiger partial charge in [0.25, 0.3) is 5.69 Å². The molecule has 2 aromatic rings. The van der Waals surface area contributed by atoms with Crippen molar-refractivity contribution < 1.29 is 9.72 Å². The summed E-state index contributed by atoms with van der Waals surface area (Å²) in [6.45, 7) is 1.70. The van der Waals surface area contributed by atoms with Gasteiger partial charge in [-0.05, 0) is 6.92 Å². The van der Waals surface area contributed by atoms with Gasteiger partial charge in [0.1, 0.15) is 5.82 Å². The normalized spacial score (nSPS) is 10.2. The standard InChI is InChI=1S/C11H11N5O3/c1-7-12-11(15-14-7)13-10(17)6-8-4-2-3-5-9(8)16(18)19/h2-5H,6H2,1H3,(H2,12,13,14,15,17). The number of amides is 1. The number of nitrogens with one attached hydrogen (secondary N) is 2. The predicted octanol–water partition coefficient (Wildman–Crippen LogP) is 1.20. The number of rotatable bonds is 4. The van der Waals surface area contributed by atoms with Gasteiger partial charge in [-0.25, -0.2) is 0 Å². The summed E-state index contributed by atoms with van der Waals surface area (Å²) < 4.78 is 0. The molecule has 0 aliphatic rings. The number of nitrogens with zero attached hydrogens (tertiary/aromatic N) is 3. The molecular formula is C11H11N5O3. The van der Waals surface area contributed by atoms with Crippen molar-refractivity contribution in [2.45, 2.75) is 13.3 Å². The number of aryl methyl sites for hydroxylation is 1. The van der Waals surface area contributed by atoms with E-state index in [0.717, 1.165) is 0 Å². The van der Waals surface area contributed by atoms with Gasteiger partial charge in [0.2, 0.25) is 11.9 Å². The maximum Gasteiger partial charge on any atom is 0.273 e. The fraction of sp³-hybridized carbons (Fsp3) is 0.182. The largest absolute Gasteiger partial charge is 0.293 e. The minimum atomic E-state index is -0.514. The molecule has 0 spiro atoms. The summed E-state index contributed by atoms with van der Waals surface area (Å²) >= 11 is 0. The van der Waals surface area contributed by atoms with Crippen molar-refractivity contribution in [3.8, 4) is 0 Å². The Morgan fingerprint density at radius 3 is 2.84 bits per heavy atom. The highest BCUT2D eigenvalue weighted by molar-refractivity contribution is 5.91. The zero-order valence-corrected chi connectivity index (χ0v) is 10.1. The van der Waals surface area contributed by atoms with E-state index in [1.165, 1.54) is 6.07 Å². The first-order chi connectivity index (χ1) is 9.06. The molecule has 1 heterocycles. The van der Waals surface area contributed by atoms with Crippen LogP contribution in [-0.2, 0) is 11.2 Å². The second kappa shape index (κ2) is 5.25. The number of hydrogen-bond acceptors (Lipinski definition) is 5. The van der Waals surface area contributed by atoms with Gasteiger partial charge in [0, 0.05) is 11.6 Å². The van der Waals surface area contributed by atoms with Gasteiger partial charge in [-0.1, -0.05) is 18.2 Å². The molecule has 1 aromatic heterocycles. The maximum absolute atomic E-state index is 11.7. The number of anilines is 1. The molecule has 19 heavy (non-hydrogen) atoms. The number of nitro benzene ring substituents is 1. The molecule has 0 unspecified atom stereocenters. The van der Waals surface area contributed by atoms with Crippen molar-refractivity contribution in [3.05, 3.63) is 45.8 Å². The molecule has 0 atom stereocenters. The number of aromatic amines is 1. The predicted molar refractivity (Wildman–Crippen MR) is 66.5 cm³/mol. The fourth-order valence-corrected chi connectivity index (χ4v) is 1.58. The molecule has 8 heteroatoms. The molecule has 0 bridgehead atoms. The highest BCUT2D eigenvalue weighted by atomic mass is 16.6. The number of H-pyrrole nitrogens is 1. The number of para-hydroxylation sites is 1. The van der Waals surface area contributed by atoms with Crippen LogP contribution in [0.3, 0.4) is 0 Å². The van der Waals surface area contributed by atoms with E-state index >= 15 is 0 Å². The smallest absolute Gasteiger partial charge is 0.273 e. The summed E-state index contributed by atoms with van der Waals surface area (Å²) in [5.74, 6) is 0.315. The Kier molecular flexibility index (Phi) is 3.51. The Hall–Kier alpha value is -2.77. The van der Waals surface area contributed by atoms with E-state index in [9.17, 15) is 14.9 Å². The average Bonchev–Trinajstić information content (AvgIpc) is 2.75. The molecule has 0 aliphatic heterocycles. The van der Waals surface area contributed by atoms with E-state index in [4.69, 9.17) is 0 Å². The number of carbonyl (C=O) groups excluding carboxylic acids is 1. The summed E-state index contributed by atoms with van der Waals surface area (Å²) in [5, 5.41) is 19.6. The Morgan fingerprint density at radius 1 is 1.47 bits per heavy atom. The third-order valence-corrected chi connectivity index (χ3v) is 2.39. The number of carbonyl (C=O) groups is 1. The lowest BCUT2D eigenvalue weighted by Crippen LogP contribution is -2.16. The summed E-state index contributed by atoms with van der Waals surface area (Å²) in [6.07, 6.45) is -0.106. The van der Waals surface area contributed by atoms with E-state index in [0.29, 0.717) is 11.4 Å². The van der Waals surface area contributed by atoms with Gasteiger partial charge < -0.3 is 0 Å². The average molecular weight is 261 g/mol. The van der Waals surface area contributed by atoms with Crippen LogP contribution in [0.1, 0.15) is 11.4 Å². The second-order valence-corrected chi connectivity index (χ2v) is 3.86. The first-order valence-electron chi connectivity index (χ1n) is 5.47. The van der Waals surface area contributed by atoms with E-state index in [-0.39, 0.29) is 18.1 Å². The SMILES string of the molecule is Cc1nc(NC(=O)Cc2ccccc2[N+](=O)[O-])n[nH]1. The number of aromatic nitrogens is 3. The molecule has 98 valence electrons. The number of nitro groups is 1. The minimum Gasteiger partial charge on any atom is -0.293 e. The monoisotopic (exact) mass is 261 g/mol. The quantitative estimate of drug-likeness (QED) is 0.634. The van der Waals surface area contributed by atoms with Crippen molar-refractivity contribution >= 4 is 17.5 Å². The van der Waals surface area contributed by atoms with Crippen molar-refractivity contribution in [3.63, 3.8) is 0 Å². The summed E-state index contributed by atoms with van der Waals surface area (Å²) in [6, 6.07) is 6.10. The molecule has 1 aromatic carbocycles. The van der Waals surface area contributed by atoms with Gasteiger partial charge in [0.15, 0.2) is 0 Å². The van der Waals surface area contributed by atoms with Gasteiger partial charge in [-0.3, -0.25) is 25.3 Å². The summed E-state index contributed by atoms with van der Waals surface area (Å²) in [7, 11) is 0. The van der Waals surface area contributed by atoms with E-state index in [2.05, 4.69) is 20.5 Å². The Balaban J connectivity index is 2.09. The summed E-state index contributed by atoms with van der Waals surface area (Å²) in [5.41, 5.74) is 0.265. The first kappa shape index (κ1) is 12.7. The fourth-order valence-electron chi connectivity index (χ4n) is 1.58. The highest BCUT2D eigenvalue weighted by Crippen LogP contribution is 2.18. The third-order valence-electron chi connectivity index (χ3n) is 2.39. The Labute approximate surface area is 108 Å². The number of benzene rings is 1. The highest BCUT2D eigenvalue weighted by Gasteiger charge is 2.16. The van der Waals surface area contributed by atoms with Crippen LogP contribution in [0.2, 0.25) is 0 Å². The Bertz CT molecular complexity index is 622. The molecule has 2 N–H and O–H groups in total. The lowest BCUT2D eigenvalue weighted by Gasteiger charge is -2.02. The zero-order chi connectivity index (χ0) is 13.8. The second-order valence-electron chi connectivity index (χ2n) is 3.86. The van der Waals surface area contributed by atoms with Crippen molar-refractivity contribution in [2.75, 3.05) is 5.32 Å². The molecule has 8 nitrogen and oxygen atoms in total. The van der Waals surface area contributed by atoms with E-state index < -0.39 is 10.8 Å². The van der Waals surface area contributed by atoms with Crippen LogP contribution in [0.5, 0.6) is 0 Å². The van der Waals surface area contributed by atoms with Crippen LogP contribution >= 0.6 is 0 Å². The van der Waals surface area contributed by atoms with Crippen LogP contribution in [0.15, 0.2) is 24.3 Å². The third kappa shape index (κ3) is 3.12. The van der Waals surface area contributed by atoms with Crippen LogP contribution in [0.25, 0.3) is 0 Å². The number of hydrogen-bond donors (Lipinski definition) is 2. The van der Waals surface area contributed by atoms with Crippen LogP contribution in [0, 0.1) is 17.0 Å². The van der Waals surface area contributed by atoms with Gasteiger partial charge in [0.05, 0.1) is 11.3 Å². The molecule has 2 rings (SSSR count). The van der Waals surface area contributed by atoms with Gasteiger partial charge in [-0.15, -0.1) is 5.10 Å². The topological polar surface area (TPSA) is 114 Å². The molecule has 0 saturated heterocycles. The summed E-state index contributed by atoms with van der Waals surface area (Å²) in [4.78, 5) is 26.0.